The number of barbiturate groups is 1. The summed E-state index contributed by atoms with van der Waals surface area (Å²) >= 11 is 0. The monoisotopic (exact) mass is 434 g/mol. The number of nitrogens with zero attached hydrogens (tertiary/aromatic N) is 3. The molecule has 166 valence electrons. The number of carbonyl (C=O) groups excluding carboxylic acids is 3. The van der Waals surface area contributed by atoms with Crippen molar-refractivity contribution in [3.05, 3.63) is 60.2 Å². The SMILES string of the molecule is COCCN1C(=O)NC(=O)[C@@]2(Cc3ccccc3N3CCN(c4ccccc4)C[C@@H]32)C1=O. The molecule has 3 heterocycles. The zero-order valence-corrected chi connectivity index (χ0v) is 18.0. The van der Waals surface area contributed by atoms with E-state index in [4.69, 9.17) is 4.74 Å². The Labute approximate surface area is 186 Å². The number of imide groups is 2. The second-order valence-electron chi connectivity index (χ2n) is 8.48. The Balaban J connectivity index is 1.60. The number of anilines is 2. The van der Waals surface area contributed by atoms with Gasteiger partial charge in [-0.15, -0.1) is 0 Å². The fraction of sp³-hybridized carbons (Fsp3) is 0.375. The van der Waals surface area contributed by atoms with Gasteiger partial charge in [0.25, 0.3) is 0 Å². The third kappa shape index (κ3) is 3.05. The van der Waals surface area contributed by atoms with Gasteiger partial charge in [-0.3, -0.25) is 19.8 Å². The molecular formula is C24H26N4O4. The number of piperazine rings is 1. The molecule has 8 nitrogen and oxygen atoms in total. The molecule has 0 unspecified atom stereocenters. The number of nitrogens with one attached hydrogen (secondary N) is 1. The van der Waals surface area contributed by atoms with Crippen LogP contribution in [-0.2, 0) is 20.7 Å². The van der Waals surface area contributed by atoms with Gasteiger partial charge in [-0.05, 0) is 30.2 Å². The van der Waals surface area contributed by atoms with Crippen molar-refractivity contribution in [3.8, 4) is 0 Å². The molecule has 0 aliphatic carbocycles. The minimum atomic E-state index is -1.39. The zero-order valence-electron chi connectivity index (χ0n) is 18.0. The molecule has 3 aliphatic heterocycles. The van der Waals surface area contributed by atoms with Gasteiger partial charge in [-0.25, -0.2) is 4.79 Å². The molecule has 0 saturated carbocycles. The van der Waals surface area contributed by atoms with Crippen molar-refractivity contribution in [2.24, 2.45) is 5.41 Å². The highest BCUT2D eigenvalue weighted by Gasteiger charge is 2.62. The van der Waals surface area contributed by atoms with Crippen LogP contribution in [-0.4, -0.2) is 68.7 Å². The van der Waals surface area contributed by atoms with Gasteiger partial charge >= 0.3 is 6.03 Å². The number of methoxy groups -OCH3 is 1. The van der Waals surface area contributed by atoms with E-state index < -0.39 is 29.3 Å². The van der Waals surface area contributed by atoms with Crippen LogP contribution in [0, 0.1) is 5.41 Å². The van der Waals surface area contributed by atoms with Crippen LogP contribution in [0.4, 0.5) is 16.2 Å². The summed E-state index contributed by atoms with van der Waals surface area (Å²) in [7, 11) is 1.52. The first-order chi connectivity index (χ1) is 15.6. The first-order valence-corrected chi connectivity index (χ1v) is 10.9. The molecule has 3 aliphatic rings. The summed E-state index contributed by atoms with van der Waals surface area (Å²) in [4.78, 5) is 45.4. The summed E-state index contributed by atoms with van der Waals surface area (Å²) in [5.41, 5.74) is 1.67. The Morgan fingerprint density at radius 1 is 1.03 bits per heavy atom. The van der Waals surface area contributed by atoms with Gasteiger partial charge in [0.05, 0.1) is 19.2 Å². The lowest BCUT2D eigenvalue weighted by Crippen LogP contribution is -2.75. The maximum absolute atomic E-state index is 13.9. The highest BCUT2D eigenvalue weighted by Crippen LogP contribution is 2.46. The molecule has 5 rings (SSSR count). The Morgan fingerprint density at radius 3 is 2.56 bits per heavy atom. The van der Waals surface area contributed by atoms with Crippen LogP contribution in [0.15, 0.2) is 54.6 Å². The molecule has 0 radical (unpaired) electrons. The molecule has 2 fully saturated rings. The van der Waals surface area contributed by atoms with Crippen molar-refractivity contribution in [1.82, 2.24) is 10.2 Å². The van der Waals surface area contributed by atoms with Crippen LogP contribution >= 0.6 is 0 Å². The van der Waals surface area contributed by atoms with Crippen molar-refractivity contribution in [3.63, 3.8) is 0 Å². The largest absolute Gasteiger partial charge is 0.383 e. The van der Waals surface area contributed by atoms with E-state index in [0.29, 0.717) is 13.1 Å². The first-order valence-electron chi connectivity index (χ1n) is 10.9. The number of urea groups is 1. The van der Waals surface area contributed by atoms with E-state index in [-0.39, 0.29) is 19.6 Å². The van der Waals surface area contributed by atoms with Crippen LogP contribution in [0.5, 0.6) is 0 Å². The second kappa shape index (κ2) is 7.94. The second-order valence-corrected chi connectivity index (χ2v) is 8.48. The standard InChI is InChI=1S/C24H26N4O4/c1-32-14-13-28-22(30)24(21(29)25-23(28)31)15-17-7-5-6-10-19(17)27-12-11-26(16-20(24)27)18-8-3-2-4-9-18/h2-10,20H,11-16H2,1H3,(H,25,29,31)/t20-,24+/m1/s1. The Bertz CT molecular complexity index is 1060. The number of benzene rings is 2. The molecular weight excluding hydrogens is 408 g/mol. The van der Waals surface area contributed by atoms with Gasteiger partial charge in [0.1, 0.15) is 0 Å². The molecule has 2 aromatic carbocycles. The van der Waals surface area contributed by atoms with E-state index >= 15 is 0 Å². The summed E-state index contributed by atoms with van der Waals surface area (Å²) in [6.07, 6.45) is 0.258. The minimum absolute atomic E-state index is 0.104. The summed E-state index contributed by atoms with van der Waals surface area (Å²) in [5, 5.41) is 2.47. The van der Waals surface area contributed by atoms with Crippen LogP contribution in [0.2, 0.25) is 0 Å². The van der Waals surface area contributed by atoms with E-state index in [0.717, 1.165) is 28.4 Å². The van der Waals surface area contributed by atoms with Crippen molar-refractivity contribution in [2.75, 3.05) is 49.7 Å². The lowest BCUT2D eigenvalue weighted by atomic mass is 9.67. The number of rotatable bonds is 4. The number of carbonyl (C=O) groups is 3. The molecule has 8 heteroatoms. The zero-order chi connectivity index (χ0) is 22.3. The number of para-hydroxylation sites is 2. The van der Waals surface area contributed by atoms with E-state index in [1.165, 1.54) is 7.11 Å². The van der Waals surface area contributed by atoms with Gasteiger partial charge in [0.15, 0.2) is 5.41 Å². The third-order valence-electron chi connectivity index (χ3n) is 6.86. The smallest absolute Gasteiger partial charge is 0.330 e. The number of hydrogen-bond acceptors (Lipinski definition) is 6. The quantitative estimate of drug-likeness (QED) is 0.737. The fourth-order valence-electron chi connectivity index (χ4n) is 5.27. The molecule has 2 atom stereocenters. The Morgan fingerprint density at radius 2 is 1.78 bits per heavy atom. The lowest BCUT2D eigenvalue weighted by Gasteiger charge is -2.55. The Kier molecular flexibility index (Phi) is 5.09. The molecule has 0 aromatic heterocycles. The number of fused-ring (bicyclic) bond motifs is 4. The normalized spacial score (nSPS) is 25.0. The van der Waals surface area contributed by atoms with E-state index in [9.17, 15) is 14.4 Å². The fourth-order valence-corrected chi connectivity index (χ4v) is 5.27. The van der Waals surface area contributed by atoms with Crippen molar-refractivity contribution >= 4 is 29.2 Å². The van der Waals surface area contributed by atoms with Gasteiger partial charge in [0.2, 0.25) is 11.8 Å². The van der Waals surface area contributed by atoms with E-state index in [1.54, 1.807) is 0 Å². The minimum Gasteiger partial charge on any atom is -0.383 e. The number of amides is 4. The number of hydrogen-bond donors (Lipinski definition) is 1. The van der Waals surface area contributed by atoms with Crippen LogP contribution in [0.3, 0.4) is 0 Å². The van der Waals surface area contributed by atoms with Gasteiger partial charge in [-0.1, -0.05) is 36.4 Å². The Hall–Kier alpha value is -3.39. The molecule has 0 bridgehead atoms. The van der Waals surface area contributed by atoms with Gasteiger partial charge in [0, 0.05) is 38.1 Å². The summed E-state index contributed by atoms with van der Waals surface area (Å²) < 4.78 is 5.10. The predicted octanol–water partition coefficient (Wildman–Crippen LogP) is 1.65. The summed E-state index contributed by atoms with van der Waals surface area (Å²) in [6, 6.07) is 16.8. The van der Waals surface area contributed by atoms with Crippen LogP contribution in [0.1, 0.15) is 5.56 Å². The lowest BCUT2D eigenvalue weighted by molar-refractivity contribution is -0.154. The van der Waals surface area contributed by atoms with E-state index in [1.807, 2.05) is 54.6 Å². The van der Waals surface area contributed by atoms with Crippen LogP contribution < -0.4 is 15.1 Å². The van der Waals surface area contributed by atoms with Crippen molar-refractivity contribution in [2.45, 2.75) is 12.5 Å². The van der Waals surface area contributed by atoms with Crippen LogP contribution in [0.25, 0.3) is 0 Å². The third-order valence-corrected chi connectivity index (χ3v) is 6.86. The van der Waals surface area contributed by atoms with Gasteiger partial charge < -0.3 is 14.5 Å². The molecule has 2 aromatic rings. The molecule has 2 saturated heterocycles. The summed E-state index contributed by atoms with van der Waals surface area (Å²) in [5.74, 6) is -0.955. The maximum atomic E-state index is 13.9. The maximum Gasteiger partial charge on any atom is 0.330 e. The highest BCUT2D eigenvalue weighted by atomic mass is 16.5. The molecule has 4 amide bonds. The topological polar surface area (TPSA) is 82.2 Å². The first kappa shape index (κ1) is 20.5. The molecule has 32 heavy (non-hydrogen) atoms. The molecule has 1 spiro atoms. The summed E-state index contributed by atoms with van der Waals surface area (Å²) in [6.45, 7) is 2.26. The predicted molar refractivity (Wildman–Crippen MR) is 119 cm³/mol. The van der Waals surface area contributed by atoms with E-state index in [2.05, 4.69) is 15.1 Å². The highest BCUT2D eigenvalue weighted by molar-refractivity contribution is 6.20. The average Bonchev–Trinajstić information content (AvgIpc) is 2.83. The van der Waals surface area contributed by atoms with Crippen molar-refractivity contribution in [1.29, 1.82) is 0 Å². The number of ether oxygens (including phenoxy) is 1. The van der Waals surface area contributed by atoms with Gasteiger partial charge in [-0.2, -0.15) is 0 Å². The van der Waals surface area contributed by atoms with Crippen molar-refractivity contribution < 1.29 is 19.1 Å². The average molecular weight is 434 g/mol. The molecule has 1 N–H and O–H groups in total.